The normalized spacial score (nSPS) is 9.79. The fourth-order valence-electron chi connectivity index (χ4n) is 1.79. The van der Waals surface area contributed by atoms with E-state index in [9.17, 15) is 0 Å². The highest BCUT2D eigenvalue weighted by Gasteiger charge is 2.05. The van der Waals surface area contributed by atoms with E-state index in [1.807, 2.05) is 6.08 Å². The highest BCUT2D eigenvalue weighted by molar-refractivity contribution is 7.97. The van der Waals surface area contributed by atoms with Crippen LogP contribution in [0.4, 0.5) is 0 Å². The zero-order valence-electron chi connectivity index (χ0n) is 11.1. The molecule has 0 aliphatic carbocycles. The first kappa shape index (κ1) is 17.7. The molecule has 19 heavy (non-hydrogen) atoms. The fraction of sp³-hybridized carbons (Fsp3) is 0.200. The summed E-state index contributed by atoms with van der Waals surface area (Å²) in [6, 6.07) is 15.0. The highest BCUT2D eigenvalue weighted by atomic mass is 32.2. The average Bonchev–Trinajstić information content (AvgIpc) is 2.38. The topological polar surface area (TPSA) is 66.2 Å². The van der Waals surface area contributed by atoms with Crippen molar-refractivity contribution in [1.82, 2.24) is 4.31 Å². The van der Waals surface area contributed by atoms with Crippen LogP contribution in [0.25, 0.3) is 10.8 Å². The Morgan fingerprint density at radius 3 is 2.47 bits per heavy atom. The van der Waals surface area contributed by atoms with Crippen LogP contribution >= 0.6 is 11.9 Å². The molecule has 0 saturated carbocycles. The van der Waals surface area contributed by atoms with Gasteiger partial charge in [-0.25, -0.2) is 4.31 Å². The Morgan fingerprint density at radius 2 is 1.79 bits per heavy atom. The summed E-state index contributed by atoms with van der Waals surface area (Å²) in [5.41, 5.74) is 0. The van der Waals surface area contributed by atoms with Gasteiger partial charge in [0.2, 0.25) is 0 Å². The molecule has 3 nitrogen and oxygen atoms in total. The molecule has 0 aromatic heterocycles. The summed E-state index contributed by atoms with van der Waals surface area (Å²) in [5, 5.41) is 2.62. The fourth-order valence-corrected chi connectivity index (χ4v) is 2.80. The number of rotatable bonds is 5. The van der Waals surface area contributed by atoms with Gasteiger partial charge in [0.1, 0.15) is 0 Å². The van der Waals surface area contributed by atoms with Gasteiger partial charge in [-0.2, -0.15) is 0 Å². The zero-order chi connectivity index (χ0) is 12.1. The van der Waals surface area contributed by atoms with Crippen molar-refractivity contribution < 1.29 is 11.0 Å². The first-order valence-corrected chi connectivity index (χ1v) is 6.64. The monoisotopic (exact) mass is 279 g/mol. The van der Waals surface area contributed by atoms with E-state index in [2.05, 4.69) is 60.3 Å². The molecule has 0 aliphatic heterocycles. The Bertz CT molecular complexity index is 511. The van der Waals surface area contributed by atoms with E-state index in [0.717, 1.165) is 13.1 Å². The van der Waals surface area contributed by atoms with Crippen molar-refractivity contribution in [3.63, 3.8) is 0 Å². The molecular formula is C15H21NO2S. The molecule has 2 rings (SSSR count). The third-order valence-electron chi connectivity index (χ3n) is 2.66. The van der Waals surface area contributed by atoms with Gasteiger partial charge in [0, 0.05) is 18.0 Å². The summed E-state index contributed by atoms with van der Waals surface area (Å²) in [5.74, 6) is 0. The summed E-state index contributed by atoms with van der Waals surface area (Å²) in [6.07, 6.45) is 1.95. The molecular weight excluding hydrogens is 258 g/mol. The van der Waals surface area contributed by atoms with Gasteiger partial charge in [0.25, 0.3) is 0 Å². The van der Waals surface area contributed by atoms with E-state index in [-0.39, 0.29) is 11.0 Å². The van der Waals surface area contributed by atoms with Crippen LogP contribution in [-0.2, 0) is 0 Å². The highest BCUT2D eigenvalue weighted by Crippen LogP contribution is 2.29. The van der Waals surface area contributed by atoms with E-state index in [1.165, 1.54) is 15.7 Å². The minimum atomic E-state index is 0. The third-order valence-corrected chi connectivity index (χ3v) is 3.88. The van der Waals surface area contributed by atoms with E-state index >= 15 is 0 Å². The molecule has 0 fully saturated rings. The van der Waals surface area contributed by atoms with Gasteiger partial charge in [-0.05, 0) is 28.8 Å². The summed E-state index contributed by atoms with van der Waals surface area (Å²) in [6.45, 7) is 7.89. The Kier molecular flexibility index (Phi) is 8.11. The van der Waals surface area contributed by atoms with Crippen molar-refractivity contribution >= 4 is 22.7 Å². The number of fused-ring (bicyclic) bond motifs is 1. The van der Waals surface area contributed by atoms with Crippen molar-refractivity contribution in [2.45, 2.75) is 11.8 Å². The smallest absolute Gasteiger partial charge is 0.0308 e. The lowest BCUT2D eigenvalue weighted by molar-refractivity contribution is 0.551. The van der Waals surface area contributed by atoms with E-state index < -0.39 is 0 Å². The predicted octanol–water partition coefficient (Wildman–Crippen LogP) is 2.71. The first-order valence-electron chi connectivity index (χ1n) is 5.86. The van der Waals surface area contributed by atoms with Crippen molar-refractivity contribution in [3.8, 4) is 0 Å². The minimum absolute atomic E-state index is 0. The Morgan fingerprint density at radius 1 is 1.11 bits per heavy atom. The molecule has 0 amide bonds. The quantitative estimate of drug-likeness (QED) is 0.624. The van der Waals surface area contributed by atoms with Crippen LogP contribution in [0.1, 0.15) is 6.92 Å². The number of likely N-dealkylation sites (N-methyl/N-ethyl adjacent to an activating group) is 1. The standard InChI is InChI=1S/C15H17NS.2H2O/c1-3-12-16(4-2)17-15-11-7-9-13-8-5-6-10-14(13)15;;/h3,5-11H,1,4,12H2,2H3;2*1H2. The second-order valence-electron chi connectivity index (χ2n) is 3.84. The first-order chi connectivity index (χ1) is 8.35. The molecule has 4 heteroatoms. The summed E-state index contributed by atoms with van der Waals surface area (Å²) >= 11 is 1.80. The van der Waals surface area contributed by atoms with Gasteiger partial charge in [0.05, 0.1) is 0 Å². The van der Waals surface area contributed by atoms with Crippen LogP contribution in [-0.4, -0.2) is 28.3 Å². The SMILES string of the molecule is C=CCN(CC)Sc1cccc2ccccc12.O.O. The number of nitrogens with zero attached hydrogens (tertiary/aromatic N) is 1. The number of hydrogen-bond donors (Lipinski definition) is 0. The molecule has 0 saturated heterocycles. The molecule has 0 radical (unpaired) electrons. The largest absolute Gasteiger partial charge is 0.412 e. The second kappa shape index (κ2) is 8.72. The lowest BCUT2D eigenvalue weighted by Crippen LogP contribution is -2.14. The Balaban J connectivity index is 0.00000162. The van der Waals surface area contributed by atoms with Crippen LogP contribution in [0.2, 0.25) is 0 Å². The van der Waals surface area contributed by atoms with Gasteiger partial charge in [-0.15, -0.1) is 6.58 Å². The van der Waals surface area contributed by atoms with Crippen LogP contribution < -0.4 is 0 Å². The van der Waals surface area contributed by atoms with E-state index in [0.29, 0.717) is 0 Å². The van der Waals surface area contributed by atoms with Gasteiger partial charge in [-0.3, -0.25) is 0 Å². The molecule has 0 atom stereocenters. The van der Waals surface area contributed by atoms with E-state index in [4.69, 9.17) is 0 Å². The predicted molar refractivity (Wildman–Crippen MR) is 84.5 cm³/mol. The van der Waals surface area contributed by atoms with Crippen molar-refractivity contribution in [1.29, 1.82) is 0 Å². The van der Waals surface area contributed by atoms with Gasteiger partial charge >= 0.3 is 0 Å². The molecule has 104 valence electrons. The molecule has 2 aromatic rings. The molecule has 2 aromatic carbocycles. The molecule has 0 bridgehead atoms. The van der Waals surface area contributed by atoms with Crippen LogP contribution in [0.3, 0.4) is 0 Å². The Labute approximate surface area is 118 Å². The number of benzene rings is 2. The van der Waals surface area contributed by atoms with Crippen molar-refractivity contribution in [2.24, 2.45) is 0 Å². The maximum absolute atomic E-state index is 3.80. The Hall–Kier alpha value is -1.33. The minimum Gasteiger partial charge on any atom is -0.412 e. The maximum Gasteiger partial charge on any atom is 0.0308 e. The molecule has 0 aliphatic rings. The zero-order valence-corrected chi connectivity index (χ0v) is 11.9. The van der Waals surface area contributed by atoms with Crippen molar-refractivity contribution in [3.05, 3.63) is 55.1 Å². The average molecular weight is 279 g/mol. The molecule has 4 N–H and O–H groups in total. The third kappa shape index (κ3) is 4.36. The molecule has 0 heterocycles. The van der Waals surface area contributed by atoms with Gasteiger partial charge in [0.15, 0.2) is 0 Å². The van der Waals surface area contributed by atoms with Crippen molar-refractivity contribution in [2.75, 3.05) is 13.1 Å². The van der Waals surface area contributed by atoms with Crippen LogP contribution in [0, 0.1) is 0 Å². The molecule has 0 spiro atoms. The molecule has 0 unspecified atom stereocenters. The second-order valence-corrected chi connectivity index (χ2v) is 4.98. The summed E-state index contributed by atoms with van der Waals surface area (Å²) < 4.78 is 2.30. The lowest BCUT2D eigenvalue weighted by Gasteiger charge is -2.18. The number of hydrogen-bond acceptors (Lipinski definition) is 2. The summed E-state index contributed by atoms with van der Waals surface area (Å²) in [7, 11) is 0. The van der Waals surface area contributed by atoms with Gasteiger partial charge < -0.3 is 11.0 Å². The lowest BCUT2D eigenvalue weighted by atomic mass is 10.1. The summed E-state index contributed by atoms with van der Waals surface area (Å²) in [4.78, 5) is 1.31. The van der Waals surface area contributed by atoms with Crippen LogP contribution in [0.15, 0.2) is 60.0 Å². The van der Waals surface area contributed by atoms with E-state index in [1.54, 1.807) is 11.9 Å². The van der Waals surface area contributed by atoms with Crippen LogP contribution in [0.5, 0.6) is 0 Å². The van der Waals surface area contributed by atoms with Gasteiger partial charge in [-0.1, -0.05) is 49.4 Å². The maximum atomic E-state index is 3.80.